The Morgan fingerprint density at radius 3 is 2.62 bits per heavy atom. The van der Waals surface area contributed by atoms with E-state index < -0.39 is 0 Å². The zero-order valence-corrected chi connectivity index (χ0v) is 14.2. The van der Waals surface area contributed by atoms with Gasteiger partial charge in [-0.3, -0.25) is 4.68 Å². The summed E-state index contributed by atoms with van der Waals surface area (Å²) in [5, 5.41) is 4.42. The van der Waals surface area contributed by atoms with Gasteiger partial charge in [0, 0.05) is 23.3 Å². The molecule has 2 N–H and O–H groups in total. The summed E-state index contributed by atoms with van der Waals surface area (Å²) in [5.74, 6) is -0.231. The second-order valence-corrected chi connectivity index (χ2v) is 6.47. The Hall–Kier alpha value is -1.20. The van der Waals surface area contributed by atoms with Crippen LogP contribution in [0.4, 0.5) is 4.39 Å². The molecule has 21 heavy (non-hydrogen) atoms. The largest absolute Gasteiger partial charge is 0.327 e. The second kappa shape index (κ2) is 6.71. The van der Waals surface area contributed by atoms with E-state index in [1.807, 2.05) is 24.7 Å². The minimum atomic E-state index is -0.231. The van der Waals surface area contributed by atoms with Gasteiger partial charge in [-0.2, -0.15) is 5.10 Å². The van der Waals surface area contributed by atoms with Crippen LogP contribution in [0.2, 0.25) is 0 Å². The minimum Gasteiger partial charge on any atom is -0.327 e. The summed E-state index contributed by atoms with van der Waals surface area (Å²) in [6.45, 7) is 4.10. The molecule has 0 saturated carbocycles. The first kappa shape index (κ1) is 16.2. The lowest BCUT2D eigenvalue weighted by atomic mass is 9.99. The van der Waals surface area contributed by atoms with Crippen LogP contribution in [0.1, 0.15) is 28.9 Å². The summed E-state index contributed by atoms with van der Waals surface area (Å²) in [7, 11) is 1.95. The SMILES string of the molecule is Cc1nn(C)c(C)c1CCC(N)Cc1cc(F)cc(Br)c1. The Balaban J connectivity index is 1.97. The van der Waals surface area contributed by atoms with Crippen molar-refractivity contribution in [3.63, 3.8) is 0 Å². The van der Waals surface area contributed by atoms with E-state index >= 15 is 0 Å². The molecule has 1 aromatic heterocycles. The Labute approximate surface area is 133 Å². The van der Waals surface area contributed by atoms with Gasteiger partial charge in [0.05, 0.1) is 5.69 Å². The molecule has 1 aromatic carbocycles. The van der Waals surface area contributed by atoms with Crippen molar-refractivity contribution in [3.05, 3.63) is 51.0 Å². The van der Waals surface area contributed by atoms with Crippen LogP contribution < -0.4 is 5.73 Å². The van der Waals surface area contributed by atoms with Gasteiger partial charge in [-0.25, -0.2) is 4.39 Å². The number of hydrogen-bond donors (Lipinski definition) is 1. The summed E-state index contributed by atoms with van der Waals surface area (Å²) < 4.78 is 16.0. The van der Waals surface area contributed by atoms with Crippen molar-refractivity contribution in [1.29, 1.82) is 0 Å². The molecule has 2 rings (SSSR count). The van der Waals surface area contributed by atoms with Gasteiger partial charge in [0.15, 0.2) is 0 Å². The van der Waals surface area contributed by atoms with Crippen molar-refractivity contribution in [3.8, 4) is 0 Å². The highest BCUT2D eigenvalue weighted by Gasteiger charge is 2.12. The van der Waals surface area contributed by atoms with Crippen LogP contribution in [-0.4, -0.2) is 15.8 Å². The van der Waals surface area contributed by atoms with Gasteiger partial charge in [0.25, 0.3) is 0 Å². The molecule has 0 spiro atoms. The van der Waals surface area contributed by atoms with E-state index in [4.69, 9.17) is 5.73 Å². The molecule has 0 aliphatic rings. The number of halogens is 2. The fourth-order valence-corrected chi connectivity index (χ4v) is 3.16. The van der Waals surface area contributed by atoms with Gasteiger partial charge in [-0.1, -0.05) is 15.9 Å². The van der Waals surface area contributed by atoms with Gasteiger partial charge in [-0.05, 0) is 62.4 Å². The molecule has 0 aliphatic carbocycles. The Kier molecular flexibility index (Phi) is 5.17. The predicted molar refractivity (Wildman–Crippen MR) is 86.8 cm³/mol. The Morgan fingerprint density at radius 2 is 2.05 bits per heavy atom. The normalized spacial score (nSPS) is 12.7. The molecule has 0 fully saturated rings. The molecule has 5 heteroatoms. The fraction of sp³-hybridized carbons (Fsp3) is 0.438. The smallest absolute Gasteiger partial charge is 0.124 e. The highest BCUT2D eigenvalue weighted by Crippen LogP contribution is 2.18. The van der Waals surface area contributed by atoms with E-state index in [-0.39, 0.29) is 11.9 Å². The molecule has 114 valence electrons. The molecule has 1 atom stereocenters. The maximum atomic E-state index is 13.4. The van der Waals surface area contributed by atoms with E-state index in [2.05, 4.69) is 28.0 Å². The summed E-state index contributed by atoms with van der Waals surface area (Å²) in [4.78, 5) is 0. The Bertz CT molecular complexity index is 616. The lowest BCUT2D eigenvalue weighted by Gasteiger charge is -2.12. The zero-order chi connectivity index (χ0) is 15.6. The molecule has 0 aliphatic heterocycles. The third-order valence-corrected chi connectivity index (χ3v) is 4.30. The van der Waals surface area contributed by atoms with Crippen LogP contribution in [0.15, 0.2) is 22.7 Å². The van der Waals surface area contributed by atoms with Crippen molar-refractivity contribution in [1.82, 2.24) is 9.78 Å². The average Bonchev–Trinajstić information content (AvgIpc) is 2.60. The van der Waals surface area contributed by atoms with E-state index in [9.17, 15) is 4.39 Å². The summed E-state index contributed by atoms with van der Waals surface area (Å²) in [6.07, 6.45) is 2.44. The number of nitrogens with zero attached hydrogens (tertiary/aromatic N) is 2. The number of aryl methyl sites for hydroxylation is 2. The van der Waals surface area contributed by atoms with E-state index in [1.165, 1.54) is 17.3 Å². The van der Waals surface area contributed by atoms with Crippen LogP contribution in [0.3, 0.4) is 0 Å². The minimum absolute atomic E-state index is 0.0118. The molecular weight excluding hydrogens is 333 g/mol. The zero-order valence-electron chi connectivity index (χ0n) is 12.7. The maximum absolute atomic E-state index is 13.4. The number of rotatable bonds is 5. The molecule has 0 saturated heterocycles. The predicted octanol–water partition coefficient (Wildman–Crippen LogP) is 3.44. The molecule has 2 aromatic rings. The molecule has 3 nitrogen and oxygen atoms in total. The Morgan fingerprint density at radius 1 is 1.33 bits per heavy atom. The average molecular weight is 354 g/mol. The summed E-state index contributed by atoms with van der Waals surface area (Å²) >= 11 is 3.31. The molecule has 0 bridgehead atoms. The second-order valence-electron chi connectivity index (χ2n) is 5.55. The van der Waals surface area contributed by atoms with Gasteiger partial charge in [0.2, 0.25) is 0 Å². The molecule has 1 unspecified atom stereocenters. The maximum Gasteiger partial charge on any atom is 0.124 e. The fourth-order valence-electron chi connectivity index (χ4n) is 2.64. The quantitative estimate of drug-likeness (QED) is 0.894. The van der Waals surface area contributed by atoms with Crippen molar-refractivity contribution < 1.29 is 4.39 Å². The highest BCUT2D eigenvalue weighted by molar-refractivity contribution is 9.10. The lowest BCUT2D eigenvalue weighted by molar-refractivity contribution is 0.596. The van der Waals surface area contributed by atoms with Gasteiger partial charge < -0.3 is 5.73 Å². The van der Waals surface area contributed by atoms with E-state index in [0.29, 0.717) is 6.42 Å². The summed E-state index contributed by atoms with van der Waals surface area (Å²) in [5.41, 5.74) is 10.6. The number of aromatic nitrogens is 2. The monoisotopic (exact) mass is 353 g/mol. The van der Waals surface area contributed by atoms with Crippen LogP contribution in [0.5, 0.6) is 0 Å². The standard InChI is InChI=1S/C16H21BrFN3/c1-10-16(11(2)21(3)20-10)5-4-15(19)8-12-6-13(17)9-14(18)7-12/h6-7,9,15H,4-5,8,19H2,1-3H3. The first-order valence-electron chi connectivity index (χ1n) is 7.06. The van der Waals surface area contributed by atoms with Crippen LogP contribution >= 0.6 is 15.9 Å². The first-order chi connectivity index (χ1) is 9.86. The third kappa shape index (κ3) is 4.14. The van der Waals surface area contributed by atoms with E-state index in [1.54, 1.807) is 6.07 Å². The molecule has 0 radical (unpaired) electrons. The number of nitrogens with two attached hydrogens (primary N) is 1. The van der Waals surface area contributed by atoms with Crippen molar-refractivity contribution >= 4 is 15.9 Å². The van der Waals surface area contributed by atoms with Crippen LogP contribution in [0.25, 0.3) is 0 Å². The number of hydrogen-bond acceptors (Lipinski definition) is 2. The number of benzene rings is 1. The van der Waals surface area contributed by atoms with Crippen LogP contribution in [0, 0.1) is 19.7 Å². The topological polar surface area (TPSA) is 43.8 Å². The van der Waals surface area contributed by atoms with Crippen molar-refractivity contribution in [2.24, 2.45) is 12.8 Å². The summed E-state index contributed by atoms with van der Waals surface area (Å²) in [6, 6.07) is 4.93. The van der Waals surface area contributed by atoms with Gasteiger partial charge in [0.1, 0.15) is 5.82 Å². The first-order valence-corrected chi connectivity index (χ1v) is 7.85. The van der Waals surface area contributed by atoms with Gasteiger partial charge >= 0.3 is 0 Å². The molecular formula is C16H21BrFN3. The third-order valence-electron chi connectivity index (χ3n) is 3.84. The van der Waals surface area contributed by atoms with Gasteiger partial charge in [-0.15, -0.1) is 0 Å². The lowest BCUT2D eigenvalue weighted by Crippen LogP contribution is -2.23. The highest BCUT2D eigenvalue weighted by atomic mass is 79.9. The molecule has 1 heterocycles. The van der Waals surface area contributed by atoms with Crippen molar-refractivity contribution in [2.75, 3.05) is 0 Å². The van der Waals surface area contributed by atoms with Crippen LogP contribution in [-0.2, 0) is 19.9 Å². The molecule has 0 amide bonds. The van der Waals surface area contributed by atoms with E-state index in [0.717, 1.165) is 28.6 Å². The van der Waals surface area contributed by atoms with Crippen molar-refractivity contribution in [2.45, 2.75) is 39.2 Å².